The van der Waals surface area contributed by atoms with Crippen LogP contribution in [-0.4, -0.2) is 13.3 Å². The first-order valence-corrected chi connectivity index (χ1v) is 8.85. The minimum absolute atomic E-state index is 0.200. The van der Waals surface area contributed by atoms with Crippen LogP contribution in [0.2, 0.25) is 18.1 Å². The van der Waals surface area contributed by atoms with Gasteiger partial charge in [0.25, 0.3) is 8.32 Å². The van der Waals surface area contributed by atoms with Gasteiger partial charge < -0.3 is 4.43 Å². The van der Waals surface area contributed by atoms with E-state index in [0.717, 1.165) is 5.69 Å². The summed E-state index contributed by atoms with van der Waals surface area (Å²) < 4.78 is 6.04. The molecule has 0 saturated heterocycles. The Bertz CT molecular complexity index is 338. The quantitative estimate of drug-likeness (QED) is 0.586. The van der Waals surface area contributed by atoms with Crippen molar-refractivity contribution >= 4 is 25.4 Å². The van der Waals surface area contributed by atoms with E-state index in [4.69, 9.17) is 4.43 Å². The number of hydrogen-bond donors (Lipinski definition) is 0. The highest BCUT2D eigenvalue weighted by Gasteiger charge is 2.39. The molecule has 4 heteroatoms. The minimum atomic E-state index is -1.76. The van der Waals surface area contributed by atoms with Gasteiger partial charge in [0.15, 0.2) is 0 Å². The van der Waals surface area contributed by atoms with Crippen LogP contribution in [0.3, 0.4) is 0 Å². The molecule has 1 rings (SSSR count). The predicted molar refractivity (Wildman–Crippen MR) is 69.4 cm³/mol. The van der Waals surface area contributed by atoms with Crippen LogP contribution in [0, 0.1) is 0 Å². The van der Waals surface area contributed by atoms with Gasteiger partial charge in [0, 0.05) is 5.38 Å². The fraction of sp³-hybridized carbons (Fsp3) is 0.545. The molecule has 0 atom stereocenters. The van der Waals surface area contributed by atoms with E-state index in [2.05, 4.69) is 45.4 Å². The maximum Gasteiger partial charge on any atom is 0.250 e. The summed E-state index contributed by atoms with van der Waals surface area (Å²) in [5.74, 6) is 0.711. The molecule has 1 heterocycles. The number of hydrogen-bond acceptors (Lipinski definition) is 3. The second-order valence-electron chi connectivity index (χ2n) is 5.16. The van der Waals surface area contributed by atoms with E-state index >= 15 is 0 Å². The monoisotopic (exact) mass is 241 g/mol. The maximum absolute atomic E-state index is 6.04. The summed E-state index contributed by atoms with van der Waals surface area (Å²) in [6, 6.07) is 0. The molecule has 0 radical (unpaired) electrons. The van der Waals surface area contributed by atoms with Gasteiger partial charge in [-0.1, -0.05) is 27.4 Å². The Morgan fingerprint density at radius 1 is 1.47 bits per heavy atom. The molecule has 15 heavy (non-hydrogen) atoms. The van der Waals surface area contributed by atoms with E-state index < -0.39 is 8.32 Å². The molecular weight excluding hydrogens is 222 g/mol. The fourth-order valence-electron chi connectivity index (χ4n) is 0.864. The van der Waals surface area contributed by atoms with Gasteiger partial charge in [0.2, 0.25) is 0 Å². The third kappa shape index (κ3) is 2.92. The summed E-state index contributed by atoms with van der Waals surface area (Å²) in [4.78, 5) is 4.20. The molecule has 0 spiro atoms. The first-order chi connectivity index (χ1) is 6.74. The Hall–Kier alpha value is -0.613. The van der Waals surface area contributed by atoms with Gasteiger partial charge in [-0.3, -0.25) is 0 Å². The Kier molecular flexibility index (Phi) is 3.40. The number of thiazole rings is 1. The van der Waals surface area contributed by atoms with Gasteiger partial charge in [-0.2, -0.15) is 0 Å². The molecule has 0 aliphatic carbocycles. The highest BCUT2D eigenvalue weighted by molar-refractivity contribution is 7.07. The van der Waals surface area contributed by atoms with E-state index in [9.17, 15) is 0 Å². The second kappa shape index (κ2) is 4.10. The molecule has 0 N–H and O–H groups in total. The van der Waals surface area contributed by atoms with Crippen LogP contribution < -0.4 is 0 Å². The smallest absolute Gasteiger partial charge is 0.250 e. The fourth-order valence-corrected chi connectivity index (χ4v) is 2.45. The van der Waals surface area contributed by atoms with Crippen LogP contribution in [-0.2, 0) is 4.43 Å². The zero-order valence-electron chi connectivity index (χ0n) is 10.1. The first kappa shape index (κ1) is 12.5. The molecule has 0 aliphatic heterocycles. The number of nitrogens with zero attached hydrogens (tertiary/aromatic N) is 1. The Balaban J connectivity index is 2.75. The molecule has 0 aromatic carbocycles. The second-order valence-corrected chi connectivity index (χ2v) is 10.6. The number of rotatable bonds is 3. The van der Waals surface area contributed by atoms with Crippen LogP contribution in [0.25, 0.3) is 5.76 Å². The average molecular weight is 241 g/mol. The summed E-state index contributed by atoms with van der Waals surface area (Å²) in [6.45, 7) is 15.0. The topological polar surface area (TPSA) is 22.1 Å². The summed E-state index contributed by atoms with van der Waals surface area (Å²) in [5, 5.41) is 2.17. The largest absolute Gasteiger partial charge is 0.542 e. The molecule has 0 bridgehead atoms. The van der Waals surface area contributed by atoms with E-state index in [1.165, 1.54) is 0 Å². The summed E-state index contributed by atoms with van der Waals surface area (Å²) in [7, 11) is -1.76. The van der Waals surface area contributed by atoms with Gasteiger partial charge in [-0.15, -0.1) is 11.3 Å². The van der Waals surface area contributed by atoms with Crippen molar-refractivity contribution in [2.75, 3.05) is 0 Å². The average Bonchev–Trinajstić information content (AvgIpc) is 2.51. The third-order valence-corrected chi connectivity index (χ3v) is 7.86. The Labute approximate surface area is 97.1 Å². The first-order valence-electron chi connectivity index (χ1n) is 5.00. The predicted octanol–water partition coefficient (Wildman–Crippen LogP) is 4.14. The van der Waals surface area contributed by atoms with Crippen molar-refractivity contribution in [3.8, 4) is 0 Å². The van der Waals surface area contributed by atoms with Crippen molar-refractivity contribution in [3.63, 3.8) is 0 Å². The molecule has 1 aromatic rings. The summed E-state index contributed by atoms with van der Waals surface area (Å²) in [5.41, 5.74) is 2.67. The van der Waals surface area contributed by atoms with E-state index in [0.29, 0.717) is 5.76 Å². The lowest BCUT2D eigenvalue weighted by atomic mass is 10.2. The van der Waals surface area contributed by atoms with Gasteiger partial charge in [0.1, 0.15) is 11.5 Å². The summed E-state index contributed by atoms with van der Waals surface area (Å²) >= 11 is 1.56. The van der Waals surface area contributed by atoms with Crippen LogP contribution >= 0.6 is 11.3 Å². The SMILES string of the molecule is C=C(O[Si](C)(C)C(C)(C)C)c1cscn1. The standard InChI is InChI=1S/C11H19NOSSi/c1-9(10-7-14-8-12-10)13-15(5,6)11(2,3)4/h7-8H,1H2,2-6H3. The molecule has 1 aromatic heterocycles. The van der Waals surface area contributed by atoms with Crippen LogP contribution in [0.4, 0.5) is 0 Å². The summed E-state index contributed by atoms with van der Waals surface area (Å²) in [6.07, 6.45) is 0. The van der Waals surface area contributed by atoms with Crippen LogP contribution in [0.5, 0.6) is 0 Å². The van der Waals surface area contributed by atoms with Crippen molar-refractivity contribution in [2.24, 2.45) is 0 Å². The molecule has 0 fully saturated rings. The zero-order chi connectivity index (χ0) is 11.7. The van der Waals surface area contributed by atoms with E-state index in [1.54, 1.807) is 16.8 Å². The van der Waals surface area contributed by atoms with Crippen molar-refractivity contribution in [1.82, 2.24) is 4.98 Å². The van der Waals surface area contributed by atoms with Gasteiger partial charge in [-0.05, 0) is 18.1 Å². The lowest BCUT2D eigenvalue weighted by Gasteiger charge is -2.36. The third-order valence-electron chi connectivity index (χ3n) is 2.90. The number of aromatic nitrogens is 1. The molecule has 2 nitrogen and oxygen atoms in total. The van der Waals surface area contributed by atoms with Crippen molar-refractivity contribution in [1.29, 1.82) is 0 Å². The zero-order valence-corrected chi connectivity index (χ0v) is 11.9. The maximum atomic E-state index is 6.04. The van der Waals surface area contributed by atoms with Gasteiger partial charge in [0.05, 0.1) is 5.51 Å². The molecule has 0 aliphatic rings. The minimum Gasteiger partial charge on any atom is -0.542 e. The Morgan fingerprint density at radius 2 is 2.07 bits per heavy atom. The molecule has 0 saturated carbocycles. The normalized spacial score (nSPS) is 12.6. The van der Waals surface area contributed by atoms with E-state index in [-0.39, 0.29) is 5.04 Å². The molecule has 0 unspecified atom stereocenters. The molecule has 84 valence electrons. The van der Waals surface area contributed by atoms with Gasteiger partial charge in [-0.25, -0.2) is 4.98 Å². The molecule has 0 amide bonds. The highest BCUT2D eigenvalue weighted by Crippen LogP contribution is 2.38. The lowest BCUT2D eigenvalue weighted by molar-refractivity contribution is 0.457. The van der Waals surface area contributed by atoms with Crippen molar-refractivity contribution in [2.45, 2.75) is 38.9 Å². The van der Waals surface area contributed by atoms with E-state index in [1.807, 2.05) is 5.38 Å². The highest BCUT2D eigenvalue weighted by atomic mass is 32.1. The Morgan fingerprint density at radius 3 is 2.47 bits per heavy atom. The van der Waals surface area contributed by atoms with Crippen LogP contribution in [0.1, 0.15) is 26.5 Å². The molecular formula is C11H19NOSSi. The van der Waals surface area contributed by atoms with Gasteiger partial charge >= 0.3 is 0 Å². The van der Waals surface area contributed by atoms with Crippen molar-refractivity contribution < 1.29 is 4.43 Å². The lowest BCUT2D eigenvalue weighted by Crippen LogP contribution is -2.40. The van der Waals surface area contributed by atoms with Crippen LogP contribution in [0.15, 0.2) is 17.5 Å². The van der Waals surface area contributed by atoms with Crippen molar-refractivity contribution in [3.05, 3.63) is 23.2 Å².